The number of rotatable bonds is 1. The van der Waals surface area contributed by atoms with Crippen LogP contribution >= 0.6 is 0 Å². The number of aliphatic hydroxyl groups is 1. The van der Waals surface area contributed by atoms with E-state index in [2.05, 4.69) is 16.8 Å². The lowest BCUT2D eigenvalue weighted by Gasteiger charge is -2.07. The highest BCUT2D eigenvalue weighted by molar-refractivity contribution is 5.59. The van der Waals surface area contributed by atoms with E-state index in [1.54, 1.807) is 18.3 Å². The fourth-order valence-corrected chi connectivity index (χ4v) is 0.917. The van der Waals surface area contributed by atoms with Crippen molar-refractivity contribution in [2.45, 2.75) is 5.60 Å². The lowest BCUT2D eigenvalue weighted by molar-refractivity contribution is 0.189. The lowest BCUT2D eigenvalue weighted by atomic mass is 10.1. The van der Waals surface area contributed by atoms with Crippen LogP contribution in [0.1, 0.15) is 5.56 Å². The summed E-state index contributed by atoms with van der Waals surface area (Å²) in [5, 5.41) is 9.44. The molecular weight excluding hydrogens is 140 g/mol. The van der Waals surface area contributed by atoms with Crippen molar-refractivity contribution in [3.8, 4) is 11.8 Å². The molecular formula is C8H6N2O. The Morgan fingerprint density at radius 3 is 2.82 bits per heavy atom. The Morgan fingerprint density at radius 2 is 2.27 bits per heavy atom. The average molecular weight is 146 g/mol. The van der Waals surface area contributed by atoms with E-state index in [0.29, 0.717) is 11.4 Å². The summed E-state index contributed by atoms with van der Waals surface area (Å²) in [7, 11) is 0. The topological polar surface area (TPSA) is 59.1 Å². The summed E-state index contributed by atoms with van der Waals surface area (Å²) in [6, 6.07) is 3.42. The molecule has 0 amide bonds. The number of nitrogen functional groups attached to an aromatic ring is 1. The zero-order valence-electron chi connectivity index (χ0n) is 5.70. The Kier molecular flexibility index (Phi) is 0.982. The summed E-state index contributed by atoms with van der Waals surface area (Å²) in [5.74, 6) is 5.43. The van der Waals surface area contributed by atoms with Gasteiger partial charge < -0.3 is 10.8 Å². The van der Waals surface area contributed by atoms with Gasteiger partial charge in [0.05, 0.1) is 5.56 Å². The molecule has 11 heavy (non-hydrogen) atoms. The quantitative estimate of drug-likeness (QED) is 0.542. The molecule has 0 saturated heterocycles. The predicted octanol–water partition coefficient (Wildman–Crippen LogP) is -0.132. The maximum Gasteiger partial charge on any atom is 0.217 e. The first-order chi connectivity index (χ1) is 5.22. The molecule has 3 heteroatoms. The molecule has 0 radical (unpaired) electrons. The van der Waals surface area contributed by atoms with Crippen LogP contribution in [0.2, 0.25) is 0 Å². The summed E-state index contributed by atoms with van der Waals surface area (Å²) in [6.07, 6.45) is 1.57. The normalized spacial score (nSPS) is 16.8. The molecule has 0 saturated carbocycles. The van der Waals surface area contributed by atoms with Crippen LogP contribution in [0.15, 0.2) is 18.3 Å². The van der Waals surface area contributed by atoms with Gasteiger partial charge in [0.15, 0.2) is 0 Å². The molecule has 0 atom stereocenters. The second kappa shape index (κ2) is 1.74. The molecule has 0 bridgehead atoms. The molecule has 0 aromatic carbocycles. The molecule has 0 spiro atoms. The number of hydrogen-bond donors (Lipinski definition) is 2. The molecule has 0 aliphatic heterocycles. The monoisotopic (exact) mass is 146 g/mol. The molecule has 54 valence electrons. The number of nitrogens with zero attached hydrogens (tertiary/aromatic N) is 1. The molecule has 1 heterocycles. The molecule has 1 aliphatic rings. The molecule has 3 nitrogen and oxygen atoms in total. The summed E-state index contributed by atoms with van der Waals surface area (Å²) >= 11 is 0. The summed E-state index contributed by atoms with van der Waals surface area (Å²) < 4.78 is 0. The van der Waals surface area contributed by atoms with Crippen molar-refractivity contribution in [2.75, 3.05) is 5.73 Å². The number of hydrogen-bond acceptors (Lipinski definition) is 3. The minimum atomic E-state index is -1.15. The average Bonchev–Trinajstić information content (AvgIpc) is 2.70. The first kappa shape index (κ1) is 6.20. The summed E-state index contributed by atoms with van der Waals surface area (Å²) in [5.41, 5.74) is 4.90. The van der Waals surface area contributed by atoms with Crippen LogP contribution in [0.4, 0.5) is 5.82 Å². The first-order valence-corrected chi connectivity index (χ1v) is 3.20. The van der Waals surface area contributed by atoms with Gasteiger partial charge >= 0.3 is 0 Å². The van der Waals surface area contributed by atoms with E-state index in [1.165, 1.54) is 0 Å². The summed E-state index contributed by atoms with van der Waals surface area (Å²) in [6.45, 7) is 0. The van der Waals surface area contributed by atoms with Crippen molar-refractivity contribution >= 4 is 5.82 Å². The third kappa shape index (κ3) is 0.846. The molecule has 1 aromatic heterocycles. The van der Waals surface area contributed by atoms with E-state index in [0.717, 1.165) is 0 Å². The fourth-order valence-electron chi connectivity index (χ4n) is 0.917. The van der Waals surface area contributed by atoms with Crippen LogP contribution in [0.5, 0.6) is 0 Å². The fraction of sp³-hybridized carbons (Fsp3) is 0.125. The standard InChI is InChI=1S/C8H6N2O/c9-7-6(2-1-5-10-7)8(11)3-4-8/h1-2,5,11H,(H2,9,10). The van der Waals surface area contributed by atoms with E-state index in [9.17, 15) is 5.11 Å². The van der Waals surface area contributed by atoms with Gasteiger partial charge in [-0.05, 0) is 24.0 Å². The van der Waals surface area contributed by atoms with Crippen molar-refractivity contribution < 1.29 is 5.11 Å². The van der Waals surface area contributed by atoms with E-state index in [-0.39, 0.29) is 0 Å². The van der Waals surface area contributed by atoms with Gasteiger partial charge in [-0.3, -0.25) is 0 Å². The second-order valence-electron chi connectivity index (χ2n) is 2.40. The third-order valence-corrected chi connectivity index (χ3v) is 1.59. The number of nitrogens with two attached hydrogens (primary N) is 1. The van der Waals surface area contributed by atoms with Crippen molar-refractivity contribution in [1.82, 2.24) is 4.98 Å². The zero-order valence-corrected chi connectivity index (χ0v) is 5.70. The molecule has 2 rings (SSSR count). The minimum Gasteiger partial charge on any atom is -0.383 e. The van der Waals surface area contributed by atoms with Crippen LogP contribution in [-0.2, 0) is 5.60 Å². The van der Waals surface area contributed by atoms with E-state index in [1.807, 2.05) is 0 Å². The van der Waals surface area contributed by atoms with Gasteiger partial charge in [-0.25, -0.2) is 4.98 Å². The maximum atomic E-state index is 9.44. The highest BCUT2D eigenvalue weighted by Gasteiger charge is 2.35. The smallest absolute Gasteiger partial charge is 0.217 e. The molecule has 0 unspecified atom stereocenters. The van der Waals surface area contributed by atoms with Crippen molar-refractivity contribution in [3.05, 3.63) is 23.9 Å². The Balaban J connectivity index is 2.46. The molecule has 3 N–H and O–H groups in total. The van der Waals surface area contributed by atoms with Crippen molar-refractivity contribution in [2.24, 2.45) is 0 Å². The van der Waals surface area contributed by atoms with Crippen LogP contribution < -0.4 is 5.73 Å². The molecule has 1 aliphatic carbocycles. The van der Waals surface area contributed by atoms with E-state index < -0.39 is 5.60 Å². The van der Waals surface area contributed by atoms with Gasteiger partial charge in [-0.1, -0.05) is 0 Å². The minimum absolute atomic E-state index is 0.326. The van der Waals surface area contributed by atoms with Crippen LogP contribution in [-0.4, -0.2) is 10.1 Å². The van der Waals surface area contributed by atoms with Crippen molar-refractivity contribution in [3.63, 3.8) is 0 Å². The van der Waals surface area contributed by atoms with Crippen LogP contribution in [0.25, 0.3) is 0 Å². The van der Waals surface area contributed by atoms with Gasteiger partial charge in [0.2, 0.25) is 5.60 Å². The van der Waals surface area contributed by atoms with Gasteiger partial charge in [0.1, 0.15) is 5.82 Å². The Morgan fingerprint density at radius 1 is 1.55 bits per heavy atom. The van der Waals surface area contributed by atoms with Crippen LogP contribution in [0, 0.1) is 11.8 Å². The largest absolute Gasteiger partial charge is 0.383 e. The third-order valence-electron chi connectivity index (χ3n) is 1.59. The van der Waals surface area contributed by atoms with E-state index >= 15 is 0 Å². The number of aromatic nitrogens is 1. The number of pyridine rings is 1. The highest BCUT2D eigenvalue weighted by atomic mass is 16.3. The molecule has 0 fully saturated rings. The summed E-state index contributed by atoms with van der Waals surface area (Å²) in [4.78, 5) is 3.82. The molecule has 1 aromatic rings. The maximum absolute atomic E-state index is 9.44. The highest BCUT2D eigenvalue weighted by Crippen LogP contribution is 2.30. The second-order valence-corrected chi connectivity index (χ2v) is 2.40. The van der Waals surface area contributed by atoms with Gasteiger partial charge in [0.25, 0.3) is 0 Å². The predicted molar refractivity (Wildman–Crippen MR) is 40.3 cm³/mol. The lowest BCUT2D eigenvalue weighted by Crippen LogP contribution is -2.13. The van der Waals surface area contributed by atoms with Crippen LogP contribution in [0.3, 0.4) is 0 Å². The van der Waals surface area contributed by atoms with E-state index in [4.69, 9.17) is 5.73 Å². The van der Waals surface area contributed by atoms with Gasteiger partial charge in [-0.2, -0.15) is 0 Å². The first-order valence-electron chi connectivity index (χ1n) is 3.20. The Hall–Kier alpha value is -1.53. The zero-order chi connectivity index (χ0) is 7.90. The SMILES string of the molecule is Nc1ncccc1C1(O)C#C1. The van der Waals surface area contributed by atoms with Gasteiger partial charge in [-0.15, -0.1) is 0 Å². The Bertz CT molecular complexity index is 354. The number of anilines is 1. The van der Waals surface area contributed by atoms with Crippen molar-refractivity contribution in [1.29, 1.82) is 0 Å². The van der Waals surface area contributed by atoms with Gasteiger partial charge in [0, 0.05) is 6.20 Å². The Labute approximate surface area is 63.9 Å².